The monoisotopic (exact) mass is 321 g/mol. The second-order valence-electron chi connectivity index (χ2n) is 6.12. The second kappa shape index (κ2) is 9.28. The number of ketones is 1. The molecule has 23 heavy (non-hydrogen) atoms. The van der Waals surface area contributed by atoms with Crippen LogP contribution < -0.4 is 5.32 Å². The first-order valence-electron chi connectivity index (χ1n) is 8.29. The summed E-state index contributed by atoms with van der Waals surface area (Å²) in [4.78, 5) is 35.3. The van der Waals surface area contributed by atoms with Gasteiger partial charge < -0.3 is 10.4 Å². The summed E-state index contributed by atoms with van der Waals surface area (Å²) in [6, 6.07) is -0.882. The summed E-state index contributed by atoms with van der Waals surface area (Å²) in [5.74, 6) is -1.80. The summed E-state index contributed by atoms with van der Waals surface area (Å²) in [7, 11) is 0. The Labute approximate surface area is 137 Å². The highest BCUT2D eigenvalue weighted by Gasteiger charge is 2.32. The van der Waals surface area contributed by atoms with E-state index in [4.69, 9.17) is 0 Å². The lowest BCUT2D eigenvalue weighted by Crippen LogP contribution is -2.45. The maximum absolute atomic E-state index is 12.2. The lowest BCUT2D eigenvalue weighted by Gasteiger charge is -2.22. The van der Waals surface area contributed by atoms with Gasteiger partial charge in [-0.1, -0.05) is 45.4 Å². The van der Waals surface area contributed by atoms with E-state index in [1.165, 1.54) is 6.08 Å². The van der Waals surface area contributed by atoms with Gasteiger partial charge in [-0.15, -0.1) is 0 Å². The van der Waals surface area contributed by atoms with E-state index in [0.717, 1.165) is 6.42 Å². The molecule has 5 nitrogen and oxygen atoms in total. The zero-order valence-corrected chi connectivity index (χ0v) is 14.1. The standard InChI is InChI=1S/C18H27NO4/c1-4-6-7-8-14-13(9-10-15(14)20)11-16(21)19-17(18(22)23)12(3)5-2/h6-7,9-10,12-14,17H,4-5,8,11H2,1-3H3,(H,19,21)(H,22,23)/b7-6-/t12-,13-,14-,17-/m0/s1. The summed E-state index contributed by atoms with van der Waals surface area (Å²) in [6.45, 7) is 5.72. The maximum atomic E-state index is 12.2. The highest BCUT2D eigenvalue weighted by molar-refractivity contribution is 5.95. The first-order chi connectivity index (χ1) is 10.9. The molecular formula is C18H27NO4. The van der Waals surface area contributed by atoms with Crippen LogP contribution in [0.2, 0.25) is 0 Å². The van der Waals surface area contributed by atoms with Crippen molar-refractivity contribution in [2.45, 2.75) is 52.5 Å². The molecule has 0 aliphatic heterocycles. The summed E-state index contributed by atoms with van der Waals surface area (Å²) in [6.07, 6.45) is 9.62. The molecule has 0 aromatic carbocycles. The van der Waals surface area contributed by atoms with Gasteiger partial charge in [0.25, 0.3) is 0 Å². The summed E-state index contributed by atoms with van der Waals surface area (Å²) < 4.78 is 0. The fourth-order valence-corrected chi connectivity index (χ4v) is 2.73. The SMILES string of the molecule is CC/C=C\C[C@@H]1C(=O)C=C[C@H]1CC(=O)N[C@H](C(=O)O)[C@@H](C)CC. The number of aliphatic carboxylic acids is 1. The van der Waals surface area contributed by atoms with Crippen LogP contribution in [0.3, 0.4) is 0 Å². The Kier molecular flexibility index (Phi) is 7.72. The van der Waals surface area contributed by atoms with Gasteiger partial charge >= 0.3 is 5.97 Å². The van der Waals surface area contributed by atoms with Gasteiger partial charge in [-0.2, -0.15) is 0 Å². The largest absolute Gasteiger partial charge is 0.480 e. The fraction of sp³-hybridized carbons (Fsp3) is 0.611. The molecule has 0 unspecified atom stereocenters. The van der Waals surface area contributed by atoms with E-state index in [0.29, 0.717) is 12.8 Å². The maximum Gasteiger partial charge on any atom is 0.326 e. The van der Waals surface area contributed by atoms with Crippen LogP contribution in [0.15, 0.2) is 24.3 Å². The number of carbonyl (C=O) groups excluding carboxylic acids is 2. The predicted molar refractivity (Wildman–Crippen MR) is 88.8 cm³/mol. The Morgan fingerprint density at radius 1 is 1.35 bits per heavy atom. The van der Waals surface area contributed by atoms with Gasteiger partial charge in [0.15, 0.2) is 5.78 Å². The van der Waals surface area contributed by atoms with Crippen molar-refractivity contribution in [3.63, 3.8) is 0 Å². The molecule has 0 spiro atoms. The van der Waals surface area contributed by atoms with Crippen LogP contribution in [0.4, 0.5) is 0 Å². The minimum absolute atomic E-state index is 0.0419. The normalized spacial score (nSPS) is 23.2. The zero-order chi connectivity index (χ0) is 17.4. The Morgan fingerprint density at radius 2 is 2.04 bits per heavy atom. The van der Waals surface area contributed by atoms with E-state index in [9.17, 15) is 19.5 Å². The first kappa shape index (κ1) is 19.1. The molecule has 1 aliphatic carbocycles. The van der Waals surface area contributed by atoms with Crippen molar-refractivity contribution in [3.05, 3.63) is 24.3 Å². The van der Waals surface area contributed by atoms with E-state index in [2.05, 4.69) is 5.32 Å². The Morgan fingerprint density at radius 3 is 2.61 bits per heavy atom. The quantitative estimate of drug-likeness (QED) is 0.640. The van der Waals surface area contributed by atoms with Gasteiger partial charge in [-0.3, -0.25) is 9.59 Å². The fourth-order valence-electron chi connectivity index (χ4n) is 2.73. The number of amides is 1. The van der Waals surface area contributed by atoms with Crippen molar-refractivity contribution in [1.82, 2.24) is 5.32 Å². The van der Waals surface area contributed by atoms with Crippen molar-refractivity contribution < 1.29 is 19.5 Å². The smallest absolute Gasteiger partial charge is 0.326 e. The molecule has 0 saturated carbocycles. The van der Waals surface area contributed by atoms with E-state index in [1.54, 1.807) is 13.0 Å². The molecule has 0 aromatic rings. The minimum Gasteiger partial charge on any atom is -0.480 e. The van der Waals surface area contributed by atoms with Crippen molar-refractivity contribution in [2.75, 3.05) is 0 Å². The number of carbonyl (C=O) groups is 3. The molecule has 0 fully saturated rings. The predicted octanol–water partition coefficient (Wildman–Crippen LogP) is 2.72. The first-order valence-corrected chi connectivity index (χ1v) is 8.29. The van der Waals surface area contributed by atoms with Gasteiger partial charge in [-0.25, -0.2) is 4.79 Å². The van der Waals surface area contributed by atoms with E-state index >= 15 is 0 Å². The van der Waals surface area contributed by atoms with Gasteiger partial charge in [0.05, 0.1) is 0 Å². The van der Waals surface area contributed by atoms with Gasteiger partial charge in [-0.05, 0) is 30.8 Å². The van der Waals surface area contributed by atoms with Crippen molar-refractivity contribution in [1.29, 1.82) is 0 Å². The molecule has 1 rings (SSSR count). The van der Waals surface area contributed by atoms with Gasteiger partial charge in [0.1, 0.15) is 6.04 Å². The van der Waals surface area contributed by atoms with Crippen LogP contribution in [0, 0.1) is 17.8 Å². The molecule has 0 saturated heterocycles. The van der Waals surface area contributed by atoms with E-state index in [-0.39, 0.29) is 35.9 Å². The topological polar surface area (TPSA) is 83.5 Å². The zero-order valence-electron chi connectivity index (χ0n) is 14.1. The number of hydrogen-bond donors (Lipinski definition) is 2. The van der Waals surface area contributed by atoms with Crippen LogP contribution in [-0.2, 0) is 14.4 Å². The lowest BCUT2D eigenvalue weighted by molar-refractivity contribution is -0.143. The van der Waals surface area contributed by atoms with Crippen molar-refractivity contribution in [3.8, 4) is 0 Å². The molecular weight excluding hydrogens is 294 g/mol. The lowest BCUT2D eigenvalue weighted by atomic mass is 9.88. The average Bonchev–Trinajstić information content (AvgIpc) is 2.84. The third-order valence-corrected chi connectivity index (χ3v) is 4.40. The van der Waals surface area contributed by atoms with Gasteiger partial charge in [0.2, 0.25) is 5.91 Å². The van der Waals surface area contributed by atoms with Gasteiger partial charge in [0, 0.05) is 12.3 Å². The molecule has 0 heterocycles. The van der Waals surface area contributed by atoms with Crippen LogP contribution in [0.1, 0.15) is 46.5 Å². The molecule has 5 heteroatoms. The Hall–Kier alpha value is -1.91. The summed E-state index contributed by atoms with van der Waals surface area (Å²) in [5, 5.41) is 11.8. The molecule has 2 N–H and O–H groups in total. The van der Waals surface area contributed by atoms with Crippen LogP contribution in [0.25, 0.3) is 0 Å². The highest BCUT2D eigenvalue weighted by Crippen LogP contribution is 2.28. The van der Waals surface area contributed by atoms with Crippen LogP contribution in [-0.4, -0.2) is 28.8 Å². The molecule has 4 atom stereocenters. The third kappa shape index (κ3) is 5.66. The van der Waals surface area contributed by atoms with Crippen LogP contribution in [0.5, 0.6) is 0 Å². The summed E-state index contributed by atoms with van der Waals surface area (Å²) >= 11 is 0. The average molecular weight is 321 g/mol. The number of rotatable bonds is 9. The molecule has 1 amide bonds. The van der Waals surface area contributed by atoms with Crippen molar-refractivity contribution >= 4 is 17.7 Å². The number of carboxylic acids is 1. The molecule has 0 radical (unpaired) electrons. The second-order valence-corrected chi connectivity index (χ2v) is 6.12. The highest BCUT2D eigenvalue weighted by atomic mass is 16.4. The number of hydrogen-bond acceptors (Lipinski definition) is 3. The number of nitrogens with one attached hydrogen (secondary N) is 1. The number of carboxylic acid groups (broad SMARTS) is 1. The molecule has 128 valence electrons. The third-order valence-electron chi connectivity index (χ3n) is 4.40. The van der Waals surface area contributed by atoms with E-state index < -0.39 is 12.0 Å². The minimum atomic E-state index is -1.02. The number of allylic oxidation sites excluding steroid dienone is 4. The summed E-state index contributed by atoms with van der Waals surface area (Å²) in [5.41, 5.74) is 0. The molecule has 1 aliphatic rings. The molecule has 0 aromatic heterocycles. The van der Waals surface area contributed by atoms with E-state index in [1.807, 2.05) is 26.0 Å². The Balaban J connectivity index is 2.64. The molecule has 0 bridgehead atoms. The van der Waals surface area contributed by atoms with Crippen molar-refractivity contribution in [2.24, 2.45) is 17.8 Å². The van der Waals surface area contributed by atoms with Crippen LogP contribution >= 0.6 is 0 Å². The Bertz CT molecular complexity index is 495.